The molecule has 0 bridgehead atoms. The highest BCUT2D eigenvalue weighted by Crippen LogP contribution is 2.43. The minimum Gasteiger partial charge on any atom is -0.504 e. The van der Waals surface area contributed by atoms with Crippen LogP contribution in [0.5, 0.6) is 0 Å². The van der Waals surface area contributed by atoms with Crippen LogP contribution in [0, 0.1) is 0 Å². The van der Waals surface area contributed by atoms with E-state index in [1.54, 1.807) is 60.7 Å². The van der Waals surface area contributed by atoms with Crippen LogP contribution in [0.2, 0.25) is 0 Å². The molecule has 2 N–H and O–H groups in total. The van der Waals surface area contributed by atoms with Crippen molar-refractivity contribution < 1.29 is 27.0 Å². The predicted octanol–water partition coefficient (Wildman–Crippen LogP) is 3.46. The van der Waals surface area contributed by atoms with E-state index in [0.717, 1.165) is 0 Å². The summed E-state index contributed by atoms with van der Waals surface area (Å²) in [6.07, 6.45) is 5.72. The maximum Gasteiger partial charge on any atom is 0.226 e. The topological polar surface area (TPSA) is 109 Å². The summed E-state index contributed by atoms with van der Waals surface area (Å²) in [6.45, 7) is 0. The van der Waals surface area contributed by atoms with Gasteiger partial charge in [0, 0.05) is 16.7 Å². The van der Waals surface area contributed by atoms with E-state index >= 15 is 0 Å². The second kappa shape index (κ2) is 8.70. The Labute approximate surface area is 187 Å². The van der Waals surface area contributed by atoms with Crippen molar-refractivity contribution in [3.63, 3.8) is 0 Å². The van der Waals surface area contributed by atoms with Crippen LogP contribution in [0.25, 0.3) is 11.1 Å². The fraction of sp³-hybridized carbons (Fsp3) is 0. The first-order valence-corrected chi connectivity index (χ1v) is 11.6. The van der Waals surface area contributed by atoms with Gasteiger partial charge >= 0.3 is 0 Å². The number of rotatable bonds is 2. The Bertz CT molecular complexity index is 1520. The molecule has 32 heavy (non-hydrogen) atoms. The zero-order valence-electron chi connectivity index (χ0n) is 16.4. The summed E-state index contributed by atoms with van der Waals surface area (Å²) in [5.41, 5.74) is 2.35. The van der Waals surface area contributed by atoms with Crippen molar-refractivity contribution >= 4 is 41.5 Å². The van der Waals surface area contributed by atoms with Crippen LogP contribution in [-0.4, -0.2) is 36.8 Å². The lowest BCUT2D eigenvalue weighted by Gasteiger charge is -2.26. The fourth-order valence-electron chi connectivity index (χ4n) is 3.65. The van der Waals surface area contributed by atoms with E-state index in [4.69, 9.17) is 0 Å². The van der Waals surface area contributed by atoms with Crippen LogP contribution in [-0.2, 0) is 20.6 Å². The van der Waals surface area contributed by atoms with Gasteiger partial charge in [-0.25, -0.2) is 0 Å². The highest BCUT2D eigenvalue weighted by atomic mass is 32.2. The standard InChI is InChI=1S/C24H16O6S2/c25-22-20(17-11-13-18(14-12-17)31(27)28)19(15-7-3-1-4-8-15)21(16-9-5-2-6-10-16)24(23(22)26)32(29)30/h1-14,25-26H. The Hall–Kier alpha value is -3.88. The van der Waals surface area contributed by atoms with Crippen LogP contribution in [0.4, 0.5) is 0 Å². The average molecular weight is 465 g/mol. The maximum atomic E-state index is 12.2. The predicted molar refractivity (Wildman–Crippen MR) is 125 cm³/mol. The lowest BCUT2D eigenvalue weighted by atomic mass is 9.80. The Morgan fingerprint density at radius 1 is 0.531 bits per heavy atom. The fourth-order valence-corrected chi connectivity index (χ4v) is 4.65. The van der Waals surface area contributed by atoms with Crippen LogP contribution < -0.4 is 0 Å². The molecule has 2 aliphatic carbocycles. The summed E-state index contributed by atoms with van der Waals surface area (Å²) >= 11 is 0. The zero-order chi connectivity index (χ0) is 22.8. The van der Waals surface area contributed by atoms with E-state index in [9.17, 15) is 27.0 Å². The first kappa shape index (κ1) is 21.4. The summed E-state index contributed by atoms with van der Waals surface area (Å²) < 4.78 is 46.9. The molecule has 2 aromatic carbocycles. The molecule has 4 rings (SSSR count). The SMILES string of the molecule is O=S(=O)=C1C=CC(=C2C(O)=C(O)C(=S(=O)=O)C(c3ccccc3)=C2c2ccccc2)C=C1. The van der Waals surface area contributed by atoms with Gasteiger partial charge in [-0.3, -0.25) is 0 Å². The Balaban J connectivity index is 2.19. The van der Waals surface area contributed by atoms with Gasteiger partial charge in [0.2, 0.25) is 20.6 Å². The smallest absolute Gasteiger partial charge is 0.226 e. The van der Waals surface area contributed by atoms with Crippen molar-refractivity contribution in [3.8, 4) is 0 Å². The van der Waals surface area contributed by atoms with E-state index < -0.39 is 37.0 Å². The van der Waals surface area contributed by atoms with Gasteiger partial charge in [-0.15, -0.1) is 0 Å². The number of aliphatic hydroxyl groups excluding tert-OH is 2. The van der Waals surface area contributed by atoms with Gasteiger partial charge in [-0.2, -0.15) is 16.8 Å². The molecule has 0 spiro atoms. The number of allylic oxidation sites excluding steroid dienone is 7. The van der Waals surface area contributed by atoms with Crippen molar-refractivity contribution in [2.75, 3.05) is 0 Å². The van der Waals surface area contributed by atoms with E-state index in [1.165, 1.54) is 24.3 Å². The second-order valence-electron chi connectivity index (χ2n) is 6.88. The molecular weight excluding hydrogens is 448 g/mol. The van der Waals surface area contributed by atoms with Gasteiger partial charge in [0.1, 0.15) is 4.86 Å². The molecule has 0 atom stereocenters. The van der Waals surface area contributed by atoms with Gasteiger partial charge in [0.15, 0.2) is 11.5 Å². The molecular formula is C24H16O6S2. The van der Waals surface area contributed by atoms with Gasteiger partial charge in [0.25, 0.3) is 0 Å². The molecule has 0 amide bonds. The lowest BCUT2D eigenvalue weighted by molar-refractivity contribution is 0.356. The maximum absolute atomic E-state index is 12.2. The van der Waals surface area contributed by atoms with Crippen LogP contribution in [0.1, 0.15) is 11.1 Å². The van der Waals surface area contributed by atoms with Crippen LogP contribution >= 0.6 is 0 Å². The van der Waals surface area contributed by atoms with Gasteiger partial charge in [-0.1, -0.05) is 72.8 Å². The van der Waals surface area contributed by atoms with E-state index in [1.807, 2.05) is 0 Å². The quantitative estimate of drug-likeness (QED) is 0.659. The van der Waals surface area contributed by atoms with Crippen LogP contribution in [0.15, 0.2) is 108 Å². The minimum atomic E-state index is -2.86. The minimum absolute atomic E-state index is 0.0549. The molecule has 0 saturated carbocycles. The van der Waals surface area contributed by atoms with Crippen molar-refractivity contribution in [1.29, 1.82) is 0 Å². The molecule has 0 heterocycles. The van der Waals surface area contributed by atoms with Crippen molar-refractivity contribution in [1.82, 2.24) is 0 Å². The van der Waals surface area contributed by atoms with Crippen molar-refractivity contribution in [3.05, 3.63) is 119 Å². The molecule has 2 aliphatic rings. The largest absolute Gasteiger partial charge is 0.504 e. The Kier molecular flexibility index (Phi) is 5.81. The molecule has 0 aromatic heterocycles. The Morgan fingerprint density at radius 3 is 1.50 bits per heavy atom. The summed E-state index contributed by atoms with van der Waals surface area (Å²) in [6, 6.07) is 17.6. The van der Waals surface area contributed by atoms with Gasteiger partial charge in [0.05, 0.1) is 4.86 Å². The monoisotopic (exact) mass is 464 g/mol. The molecule has 6 nitrogen and oxygen atoms in total. The first-order chi connectivity index (χ1) is 15.4. The normalized spacial score (nSPS) is 16.1. The summed E-state index contributed by atoms with van der Waals surface area (Å²) in [4.78, 5) is -0.368. The number of hydrogen-bond acceptors (Lipinski definition) is 6. The zero-order valence-corrected chi connectivity index (χ0v) is 18.1. The van der Waals surface area contributed by atoms with Crippen LogP contribution in [0.3, 0.4) is 0 Å². The number of benzene rings is 2. The van der Waals surface area contributed by atoms with Gasteiger partial charge in [-0.05, 0) is 28.9 Å². The third-order valence-electron chi connectivity index (χ3n) is 5.03. The molecule has 160 valence electrons. The average Bonchev–Trinajstić information content (AvgIpc) is 2.81. The molecule has 0 fully saturated rings. The van der Waals surface area contributed by atoms with E-state index in [0.29, 0.717) is 22.3 Å². The third kappa shape index (κ3) is 3.77. The van der Waals surface area contributed by atoms with Crippen molar-refractivity contribution in [2.24, 2.45) is 0 Å². The molecule has 0 radical (unpaired) electrons. The first-order valence-electron chi connectivity index (χ1n) is 9.41. The lowest BCUT2D eigenvalue weighted by Crippen LogP contribution is -2.20. The molecule has 0 saturated heterocycles. The third-order valence-corrected chi connectivity index (χ3v) is 6.42. The number of hydrogen-bond donors (Lipinski definition) is 2. The molecule has 8 heteroatoms. The highest BCUT2D eigenvalue weighted by Gasteiger charge is 2.34. The summed E-state index contributed by atoms with van der Waals surface area (Å²) in [5.74, 6) is -1.39. The molecule has 0 aliphatic heterocycles. The van der Waals surface area contributed by atoms with Crippen molar-refractivity contribution in [2.45, 2.75) is 0 Å². The summed E-state index contributed by atoms with van der Waals surface area (Å²) in [7, 11) is -5.30. The Morgan fingerprint density at radius 2 is 1.03 bits per heavy atom. The number of aliphatic hydroxyl groups is 2. The van der Waals surface area contributed by atoms with E-state index in [2.05, 4.69) is 0 Å². The van der Waals surface area contributed by atoms with E-state index in [-0.39, 0.29) is 16.0 Å². The second-order valence-corrected chi connectivity index (χ2v) is 8.70. The summed E-state index contributed by atoms with van der Waals surface area (Å²) in [5, 5.41) is 21.7. The highest BCUT2D eigenvalue weighted by molar-refractivity contribution is 7.74. The van der Waals surface area contributed by atoms with Gasteiger partial charge < -0.3 is 10.2 Å². The molecule has 2 aromatic rings. The molecule has 0 unspecified atom stereocenters.